The third-order valence-electron chi connectivity index (χ3n) is 3.24. The van der Waals surface area contributed by atoms with E-state index < -0.39 is 0 Å². The van der Waals surface area contributed by atoms with E-state index in [0.717, 1.165) is 23.8 Å². The van der Waals surface area contributed by atoms with E-state index >= 15 is 0 Å². The summed E-state index contributed by atoms with van der Waals surface area (Å²) in [6.45, 7) is 6.65. The maximum atomic E-state index is 5.78. The Labute approximate surface area is 148 Å². The van der Waals surface area contributed by atoms with Crippen molar-refractivity contribution < 1.29 is 4.74 Å². The molecule has 0 aliphatic heterocycles. The Balaban J connectivity index is 1.78. The van der Waals surface area contributed by atoms with Gasteiger partial charge in [0.2, 0.25) is 0 Å². The number of pyridine rings is 1. The minimum Gasteiger partial charge on any atom is -0.492 e. The van der Waals surface area contributed by atoms with Crippen LogP contribution in [0.3, 0.4) is 0 Å². The third kappa shape index (κ3) is 6.46. The number of aromatic nitrogens is 1. The lowest BCUT2D eigenvalue weighted by atomic mass is 10.2. The smallest absolute Gasteiger partial charge is 0.191 e. The van der Waals surface area contributed by atoms with Gasteiger partial charge >= 0.3 is 0 Å². The monoisotopic (exact) mass is 346 g/mol. The molecule has 0 radical (unpaired) electrons. The summed E-state index contributed by atoms with van der Waals surface area (Å²) in [6.07, 6.45) is 1.73. The van der Waals surface area contributed by atoms with Gasteiger partial charge in [-0.25, -0.2) is 9.98 Å². The van der Waals surface area contributed by atoms with Gasteiger partial charge in [-0.15, -0.1) is 0 Å². The largest absolute Gasteiger partial charge is 0.492 e. The van der Waals surface area contributed by atoms with Gasteiger partial charge in [-0.05, 0) is 37.6 Å². The van der Waals surface area contributed by atoms with Crippen LogP contribution in [0.2, 0.25) is 5.15 Å². The van der Waals surface area contributed by atoms with Gasteiger partial charge in [0.05, 0.1) is 13.1 Å². The predicted molar refractivity (Wildman–Crippen MR) is 98.7 cm³/mol. The van der Waals surface area contributed by atoms with Crippen molar-refractivity contribution in [3.8, 4) is 5.75 Å². The van der Waals surface area contributed by atoms with Crippen LogP contribution >= 0.6 is 11.6 Å². The van der Waals surface area contributed by atoms with Crippen molar-refractivity contribution in [3.63, 3.8) is 0 Å². The highest BCUT2D eigenvalue weighted by atomic mass is 35.5. The summed E-state index contributed by atoms with van der Waals surface area (Å²) in [5, 5.41) is 6.95. The summed E-state index contributed by atoms with van der Waals surface area (Å²) in [4.78, 5) is 8.58. The number of hydrogen-bond acceptors (Lipinski definition) is 3. The average Bonchev–Trinajstić information content (AvgIpc) is 2.59. The molecule has 5 nitrogen and oxygen atoms in total. The molecule has 0 saturated carbocycles. The molecule has 1 heterocycles. The van der Waals surface area contributed by atoms with E-state index in [-0.39, 0.29) is 0 Å². The van der Waals surface area contributed by atoms with Crippen LogP contribution in [0, 0.1) is 6.92 Å². The molecule has 0 atom stereocenters. The van der Waals surface area contributed by atoms with E-state index in [9.17, 15) is 0 Å². The average molecular weight is 347 g/mol. The summed E-state index contributed by atoms with van der Waals surface area (Å²) in [5.74, 6) is 1.62. The second-order valence-corrected chi connectivity index (χ2v) is 5.66. The van der Waals surface area contributed by atoms with Gasteiger partial charge in [0, 0.05) is 12.7 Å². The van der Waals surface area contributed by atoms with Gasteiger partial charge in [0.1, 0.15) is 17.5 Å². The van der Waals surface area contributed by atoms with Crippen LogP contribution in [0.4, 0.5) is 0 Å². The van der Waals surface area contributed by atoms with Gasteiger partial charge in [-0.1, -0.05) is 35.4 Å². The lowest BCUT2D eigenvalue weighted by Gasteiger charge is -2.12. The quantitative estimate of drug-likeness (QED) is 0.350. The molecular formula is C18H23ClN4O. The maximum Gasteiger partial charge on any atom is 0.191 e. The normalized spacial score (nSPS) is 11.2. The lowest BCUT2D eigenvalue weighted by Crippen LogP contribution is -2.39. The first-order valence-corrected chi connectivity index (χ1v) is 8.37. The fourth-order valence-electron chi connectivity index (χ4n) is 1.98. The number of nitrogens with one attached hydrogen (secondary N) is 2. The summed E-state index contributed by atoms with van der Waals surface area (Å²) >= 11 is 5.78. The first-order valence-electron chi connectivity index (χ1n) is 7.99. The lowest BCUT2D eigenvalue weighted by molar-refractivity contribution is 0.322. The van der Waals surface area contributed by atoms with Crippen molar-refractivity contribution in [2.75, 3.05) is 19.7 Å². The van der Waals surface area contributed by atoms with E-state index in [1.165, 1.54) is 5.56 Å². The predicted octanol–water partition coefficient (Wildman–Crippen LogP) is 3.18. The Bertz CT molecular complexity index is 641. The molecular weight excluding hydrogens is 324 g/mol. The topological polar surface area (TPSA) is 58.5 Å². The van der Waals surface area contributed by atoms with Gasteiger partial charge in [-0.3, -0.25) is 0 Å². The van der Waals surface area contributed by atoms with E-state index in [1.54, 1.807) is 12.3 Å². The number of guanidine groups is 1. The number of halogens is 1. The van der Waals surface area contributed by atoms with Crippen LogP contribution in [0.15, 0.2) is 47.6 Å². The fraction of sp³-hybridized carbons (Fsp3) is 0.333. The highest BCUT2D eigenvalue weighted by Crippen LogP contribution is 2.10. The molecule has 2 rings (SSSR count). The molecule has 0 aliphatic rings. The molecule has 128 valence electrons. The molecule has 0 unspecified atom stereocenters. The molecule has 2 aromatic rings. The van der Waals surface area contributed by atoms with E-state index in [2.05, 4.69) is 27.5 Å². The Morgan fingerprint density at radius 2 is 1.96 bits per heavy atom. The van der Waals surface area contributed by atoms with Gasteiger partial charge in [-0.2, -0.15) is 0 Å². The van der Waals surface area contributed by atoms with Gasteiger partial charge < -0.3 is 15.4 Å². The number of nitrogens with zero attached hydrogens (tertiary/aromatic N) is 2. The first kappa shape index (κ1) is 18.1. The molecule has 0 aliphatic carbocycles. The van der Waals surface area contributed by atoms with Crippen LogP contribution in [-0.4, -0.2) is 30.6 Å². The Hall–Kier alpha value is -2.27. The summed E-state index contributed by atoms with van der Waals surface area (Å²) in [5.41, 5.74) is 2.23. The second-order valence-electron chi connectivity index (χ2n) is 5.27. The summed E-state index contributed by atoms with van der Waals surface area (Å²) in [6, 6.07) is 11.7. The van der Waals surface area contributed by atoms with Crippen LogP contribution in [0.25, 0.3) is 0 Å². The fourth-order valence-corrected chi connectivity index (χ4v) is 2.10. The van der Waals surface area contributed by atoms with Crippen molar-refractivity contribution in [2.45, 2.75) is 20.4 Å². The molecule has 24 heavy (non-hydrogen) atoms. The number of benzene rings is 1. The first-order chi connectivity index (χ1) is 11.7. The Kier molecular flexibility index (Phi) is 7.36. The number of aliphatic imine (C=N–C) groups is 1. The van der Waals surface area contributed by atoms with E-state index in [4.69, 9.17) is 16.3 Å². The number of rotatable bonds is 7. The molecule has 0 bridgehead atoms. The van der Waals surface area contributed by atoms with E-state index in [0.29, 0.717) is 24.8 Å². The van der Waals surface area contributed by atoms with Gasteiger partial charge in [0.15, 0.2) is 5.96 Å². The standard InChI is InChI=1S/C18H23ClN4O/c1-3-20-18(23-13-15-6-9-17(19)22-12-15)21-10-11-24-16-7-4-14(2)5-8-16/h4-9,12H,3,10-11,13H2,1-2H3,(H2,20,21,23). The SMILES string of the molecule is CCNC(=NCc1ccc(Cl)nc1)NCCOc1ccc(C)cc1. The zero-order valence-corrected chi connectivity index (χ0v) is 14.8. The minimum atomic E-state index is 0.487. The maximum absolute atomic E-state index is 5.78. The highest BCUT2D eigenvalue weighted by molar-refractivity contribution is 6.29. The van der Waals surface area contributed by atoms with Crippen molar-refractivity contribution in [3.05, 3.63) is 58.9 Å². The molecule has 1 aromatic carbocycles. The zero-order chi connectivity index (χ0) is 17.2. The zero-order valence-electron chi connectivity index (χ0n) is 14.1. The van der Waals surface area contributed by atoms with Crippen LogP contribution in [0.1, 0.15) is 18.1 Å². The van der Waals surface area contributed by atoms with E-state index in [1.807, 2.05) is 37.3 Å². The van der Waals surface area contributed by atoms with Gasteiger partial charge in [0.25, 0.3) is 0 Å². The molecule has 0 fully saturated rings. The van der Waals surface area contributed by atoms with Crippen LogP contribution < -0.4 is 15.4 Å². The molecule has 0 spiro atoms. The number of hydrogen-bond donors (Lipinski definition) is 2. The minimum absolute atomic E-state index is 0.487. The third-order valence-corrected chi connectivity index (χ3v) is 3.46. The van der Waals surface area contributed by atoms with Crippen molar-refractivity contribution in [1.29, 1.82) is 0 Å². The summed E-state index contributed by atoms with van der Waals surface area (Å²) in [7, 11) is 0. The summed E-state index contributed by atoms with van der Waals surface area (Å²) < 4.78 is 5.70. The Morgan fingerprint density at radius 3 is 2.62 bits per heavy atom. The van der Waals surface area contributed by atoms with Crippen molar-refractivity contribution >= 4 is 17.6 Å². The van der Waals surface area contributed by atoms with Crippen LogP contribution in [-0.2, 0) is 6.54 Å². The number of aryl methyl sites for hydroxylation is 1. The molecule has 1 aromatic heterocycles. The van der Waals surface area contributed by atoms with Crippen molar-refractivity contribution in [2.24, 2.45) is 4.99 Å². The highest BCUT2D eigenvalue weighted by Gasteiger charge is 1.99. The molecule has 0 amide bonds. The molecule has 2 N–H and O–H groups in total. The Morgan fingerprint density at radius 1 is 1.17 bits per heavy atom. The number of ether oxygens (including phenoxy) is 1. The second kappa shape index (κ2) is 9.78. The molecule has 6 heteroatoms. The van der Waals surface area contributed by atoms with Crippen LogP contribution in [0.5, 0.6) is 5.75 Å². The molecule has 0 saturated heterocycles. The van der Waals surface area contributed by atoms with Crippen molar-refractivity contribution in [1.82, 2.24) is 15.6 Å².